The van der Waals surface area contributed by atoms with Crippen LogP contribution in [0, 0.1) is 17.1 Å². The third kappa shape index (κ3) is 4.69. The molecule has 1 unspecified atom stereocenters. The largest absolute Gasteiger partial charge is 0.357 e. The number of hydrogen-bond donors (Lipinski definition) is 2. The van der Waals surface area contributed by atoms with Crippen molar-refractivity contribution in [3.63, 3.8) is 0 Å². The number of hydrogen-bond acceptors (Lipinski definition) is 3. The number of likely N-dealkylation sites (tertiary alicyclic amines) is 1. The third-order valence-corrected chi connectivity index (χ3v) is 3.89. The van der Waals surface area contributed by atoms with Crippen LogP contribution in [0.3, 0.4) is 0 Å². The van der Waals surface area contributed by atoms with E-state index in [4.69, 9.17) is 5.26 Å². The number of rotatable bonds is 4. The molecule has 6 nitrogen and oxygen atoms in total. The molecule has 0 saturated carbocycles. The van der Waals surface area contributed by atoms with E-state index in [0.29, 0.717) is 36.6 Å². The second-order valence-electron chi connectivity index (χ2n) is 5.77. The summed E-state index contributed by atoms with van der Waals surface area (Å²) in [5.41, 5.74) is 0.786. The molecule has 128 valence electrons. The second kappa shape index (κ2) is 8.29. The van der Waals surface area contributed by atoms with Gasteiger partial charge in [-0.3, -0.25) is 4.79 Å². The number of benzene rings is 1. The minimum absolute atomic E-state index is 0.112. The lowest BCUT2D eigenvalue weighted by molar-refractivity contribution is -0.132. The lowest BCUT2D eigenvalue weighted by atomic mass is 10.1. The van der Waals surface area contributed by atoms with Gasteiger partial charge in [-0.15, -0.1) is 0 Å². The van der Waals surface area contributed by atoms with Gasteiger partial charge in [-0.25, -0.2) is 9.38 Å². The van der Waals surface area contributed by atoms with Crippen LogP contribution in [-0.4, -0.2) is 42.9 Å². The van der Waals surface area contributed by atoms with Gasteiger partial charge in [0, 0.05) is 38.2 Å². The Labute approximate surface area is 141 Å². The Kier molecular flexibility index (Phi) is 6.13. The van der Waals surface area contributed by atoms with Gasteiger partial charge < -0.3 is 15.5 Å². The number of guanidine groups is 1. The summed E-state index contributed by atoms with van der Waals surface area (Å²) in [5.74, 6) is 0.342. The van der Waals surface area contributed by atoms with Crippen LogP contribution in [0.25, 0.3) is 0 Å². The molecule has 1 atom stereocenters. The molecular formula is C17H22FN5O. The first kappa shape index (κ1) is 17.7. The van der Waals surface area contributed by atoms with E-state index in [1.807, 2.05) is 13.0 Å². The topological polar surface area (TPSA) is 80.5 Å². The highest BCUT2D eigenvalue weighted by molar-refractivity contribution is 5.81. The molecule has 1 heterocycles. The molecule has 1 aliphatic heterocycles. The normalized spacial score (nSPS) is 18.2. The first-order valence-corrected chi connectivity index (χ1v) is 8.00. The summed E-state index contributed by atoms with van der Waals surface area (Å²) in [6.07, 6.45) is 1.25. The summed E-state index contributed by atoms with van der Waals surface area (Å²) in [6, 6.07) is 6.35. The van der Waals surface area contributed by atoms with Crippen LogP contribution in [0.15, 0.2) is 23.2 Å². The predicted molar refractivity (Wildman–Crippen MR) is 89.7 cm³/mol. The lowest BCUT2D eigenvalue weighted by Gasteiger charge is -2.31. The van der Waals surface area contributed by atoms with Gasteiger partial charge in [0.25, 0.3) is 0 Å². The van der Waals surface area contributed by atoms with Crippen molar-refractivity contribution >= 4 is 11.9 Å². The average molecular weight is 331 g/mol. The molecule has 2 N–H and O–H groups in total. The van der Waals surface area contributed by atoms with E-state index < -0.39 is 0 Å². The molecule has 0 bridgehead atoms. The van der Waals surface area contributed by atoms with E-state index in [1.165, 1.54) is 18.2 Å². The van der Waals surface area contributed by atoms with Crippen molar-refractivity contribution < 1.29 is 9.18 Å². The van der Waals surface area contributed by atoms with Crippen molar-refractivity contribution in [1.29, 1.82) is 5.26 Å². The number of nitrogens with zero attached hydrogens (tertiary/aromatic N) is 3. The maximum Gasteiger partial charge on any atom is 0.222 e. The molecule has 1 aromatic carbocycles. The van der Waals surface area contributed by atoms with Crippen molar-refractivity contribution in [2.24, 2.45) is 4.99 Å². The van der Waals surface area contributed by atoms with E-state index >= 15 is 0 Å². The summed E-state index contributed by atoms with van der Waals surface area (Å²) < 4.78 is 13.8. The van der Waals surface area contributed by atoms with Gasteiger partial charge in [0.1, 0.15) is 5.82 Å². The predicted octanol–water partition coefficient (Wildman–Crippen LogP) is 1.37. The fraction of sp³-hybridized carbons (Fsp3) is 0.471. The van der Waals surface area contributed by atoms with Crippen LogP contribution in [0.1, 0.15) is 30.9 Å². The molecule has 1 amide bonds. The standard InChI is InChI=1S/C17H22FN5O/c1-3-20-17(22-14-5-7-16(24)23(2)11-14)21-10-13-8-12(9-19)4-6-15(13)18/h4,6,8,14H,3,5,7,10-11H2,1-2H3,(H2,20,21,22). The Morgan fingerprint density at radius 1 is 1.54 bits per heavy atom. The van der Waals surface area contributed by atoms with E-state index in [1.54, 1.807) is 11.9 Å². The molecule has 1 aromatic rings. The van der Waals surface area contributed by atoms with E-state index in [0.717, 1.165) is 6.42 Å². The molecule has 0 radical (unpaired) electrons. The zero-order valence-corrected chi connectivity index (χ0v) is 14.0. The number of piperidine rings is 1. The van der Waals surface area contributed by atoms with Crippen LogP contribution in [0.5, 0.6) is 0 Å². The maximum atomic E-state index is 13.8. The molecule has 2 rings (SSSR count). The van der Waals surface area contributed by atoms with Gasteiger partial charge in [-0.05, 0) is 31.5 Å². The van der Waals surface area contributed by atoms with Gasteiger partial charge in [0.15, 0.2) is 5.96 Å². The summed E-state index contributed by atoms with van der Waals surface area (Å²) in [5, 5.41) is 15.3. The van der Waals surface area contributed by atoms with Crippen molar-refractivity contribution in [3.8, 4) is 6.07 Å². The van der Waals surface area contributed by atoms with Crippen molar-refractivity contribution in [3.05, 3.63) is 35.1 Å². The molecule has 0 aliphatic carbocycles. The molecule has 0 aromatic heterocycles. The monoisotopic (exact) mass is 331 g/mol. The molecule has 0 spiro atoms. The zero-order chi connectivity index (χ0) is 17.5. The van der Waals surface area contributed by atoms with Crippen molar-refractivity contribution in [1.82, 2.24) is 15.5 Å². The number of nitrogens with one attached hydrogen (secondary N) is 2. The highest BCUT2D eigenvalue weighted by atomic mass is 19.1. The van der Waals surface area contributed by atoms with E-state index in [9.17, 15) is 9.18 Å². The summed E-state index contributed by atoms with van der Waals surface area (Å²) in [6.45, 7) is 3.37. The Morgan fingerprint density at radius 2 is 2.33 bits per heavy atom. The summed E-state index contributed by atoms with van der Waals surface area (Å²) in [4.78, 5) is 17.6. The molecule has 1 saturated heterocycles. The Hall–Kier alpha value is -2.62. The van der Waals surface area contributed by atoms with Gasteiger partial charge >= 0.3 is 0 Å². The highest BCUT2D eigenvalue weighted by Gasteiger charge is 2.23. The average Bonchev–Trinajstić information content (AvgIpc) is 2.57. The van der Waals surface area contributed by atoms with E-state index in [2.05, 4.69) is 15.6 Å². The smallest absolute Gasteiger partial charge is 0.222 e. The first-order chi connectivity index (χ1) is 11.5. The Morgan fingerprint density at radius 3 is 3.00 bits per heavy atom. The summed E-state index contributed by atoms with van der Waals surface area (Å²) >= 11 is 0. The quantitative estimate of drug-likeness (QED) is 0.645. The Bertz CT molecular complexity index is 667. The number of halogens is 1. The van der Waals surface area contributed by atoms with Crippen molar-refractivity contribution in [2.45, 2.75) is 32.4 Å². The number of amides is 1. The van der Waals surface area contributed by atoms with Gasteiger partial charge in [-0.1, -0.05) is 0 Å². The third-order valence-electron chi connectivity index (χ3n) is 3.89. The Balaban J connectivity index is 2.06. The number of aliphatic imine (C=N–C) groups is 1. The number of nitriles is 1. The van der Waals surface area contributed by atoms with Crippen LogP contribution in [0.2, 0.25) is 0 Å². The van der Waals surface area contributed by atoms with Gasteiger partial charge in [-0.2, -0.15) is 5.26 Å². The van der Waals surface area contributed by atoms with Gasteiger partial charge in [0.05, 0.1) is 18.2 Å². The maximum absolute atomic E-state index is 13.8. The zero-order valence-electron chi connectivity index (χ0n) is 14.0. The minimum atomic E-state index is -0.378. The number of likely N-dealkylation sites (N-methyl/N-ethyl adjacent to an activating group) is 1. The van der Waals surface area contributed by atoms with Crippen molar-refractivity contribution in [2.75, 3.05) is 20.1 Å². The van der Waals surface area contributed by atoms with Crippen LogP contribution < -0.4 is 10.6 Å². The van der Waals surface area contributed by atoms with Crippen LogP contribution in [0.4, 0.5) is 4.39 Å². The molecular weight excluding hydrogens is 309 g/mol. The lowest BCUT2D eigenvalue weighted by Crippen LogP contribution is -2.51. The molecule has 1 fully saturated rings. The first-order valence-electron chi connectivity index (χ1n) is 8.00. The van der Waals surface area contributed by atoms with Gasteiger partial charge in [0.2, 0.25) is 5.91 Å². The van der Waals surface area contributed by atoms with Crippen LogP contribution in [-0.2, 0) is 11.3 Å². The minimum Gasteiger partial charge on any atom is -0.357 e. The SMILES string of the molecule is CCNC(=NCc1cc(C#N)ccc1F)NC1CCC(=O)N(C)C1. The number of carbonyl (C=O) groups is 1. The molecule has 24 heavy (non-hydrogen) atoms. The second-order valence-corrected chi connectivity index (χ2v) is 5.77. The highest BCUT2D eigenvalue weighted by Crippen LogP contribution is 2.12. The molecule has 1 aliphatic rings. The fourth-order valence-corrected chi connectivity index (χ4v) is 2.57. The van der Waals surface area contributed by atoms with E-state index in [-0.39, 0.29) is 24.3 Å². The fourth-order valence-electron chi connectivity index (χ4n) is 2.57. The summed E-state index contributed by atoms with van der Waals surface area (Å²) in [7, 11) is 1.78. The molecule has 7 heteroatoms. The van der Waals surface area contributed by atoms with Crippen LogP contribution >= 0.6 is 0 Å². The number of carbonyl (C=O) groups excluding carboxylic acids is 1.